The zero-order valence-electron chi connectivity index (χ0n) is 8.31. The van der Waals surface area contributed by atoms with Crippen molar-refractivity contribution in [2.45, 2.75) is 19.3 Å². The van der Waals surface area contributed by atoms with Crippen molar-refractivity contribution in [3.05, 3.63) is 41.5 Å². The third-order valence-corrected chi connectivity index (χ3v) is 2.96. The second kappa shape index (κ2) is 3.79. The van der Waals surface area contributed by atoms with Crippen LogP contribution in [0.4, 0.5) is 0 Å². The van der Waals surface area contributed by atoms with E-state index in [9.17, 15) is 4.79 Å². The van der Waals surface area contributed by atoms with Gasteiger partial charge in [0, 0.05) is 6.42 Å². The maximum absolute atomic E-state index is 10.6. The number of hydrogen-bond donors (Lipinski definition) is 0. The van der Waals surface area contributed by atoms with Gasteiger partial charge in [-0.05, 0) is 23.0 Å². The van der Waals surface area contributed by atoms with Crippen LogP contribution in [0.15, 0.2) is 30.3 Å². The maximum atomic E-state index is 10.6. The van der Waals surface area contributed by atoms with Gasteiger partial charge in [0.2, 0.25) is 0 Å². The van der Waals surface area contributed by atoms with Gasteiger partial charge < -0.3 is 4.79 Å². The molecule has 0 spiro atoms. The third-order valence-electron chi connectivity index (χ3n) is 2.96. The predicted molar refractivity (Wildman–Crippen MR) is 58.1 cm³/mol. The van der Waals surface area contributed by atoms with Gasteiger partial charge in [-0.25, -0.2) is 0 Å². The first-order chi connectivity index (χ1) is 6.83. The Morgan fingerprint density at radius 1 is 1.36 bits per heavy atom. The Kier molecular flexibility index (Phi) is 2.49. The SMILES string of the molecule is C[C@H]1C=Cc2ccccc2[C@@H]1CC=O. The standard InChI is InChI=1S/C13H14O/c1-10-6-7-11-4-2-3-5-13(11)12(10)8-9-14/h2-7,9-10,12H,8H2,1H3/t10-,12+/m0/s1. The topological polar surface area (TPSA) is 17.1 Å². The number of carbonyl (C=O) groups excluding carboxylic acids is 1. The first-order valence-electron chi connectivity index (χ1n) is 5.03. The highest BCUT2D eigenvalue weighted by Crippen LogP contribution is 2.35. The molecule has 0 unspecified atom stereocenters. The number of fused-ring (bicyclic) bond motifs is 1. The Hall–Kier alpha value is -1.37. The van der Waals surface area contributed by atoms with Gasteiger partial charge >= 0.3 is 0 Å². The summed E-state index contributed by atoms with van der Waals surface area (Å²) in [7, 11) is 0. The van der Waals surface area contributed by atoms with Crippen molar-refractivity contribution in [3.63, 3.8) is 0 Å². The monoisotopic (exact) mass is 186 g/mol. The summed E-state index contributed by atoms with van der Waals surface area (Å²) in [5, 5.41) is 0. The molecule has 1 aliphatic carbocycles. The lowest BCUT2D eigenvalue weighted by atomic mass is 9.79. The van der Waals surface area contributed by atoms with Crippen LogP contribution in [0.1, 0.15) is 30.4 Å². The van der Waals surface area contributed by atoms with Crippen LogP contribution in [0.25, 0.3) is 6.08 Å². The molecule has 2 atom stereocenters. The fourth-order valence-electron chi connectivity index (χ4n) is 2.12. The molecule has 0 fully saturated rings. The summed E-state index contributed by atoms with van der Waals surface area (Å²) in [4.78, 5) is 10.6. The average Bonchev–Trinajstić information content (AvgIpc) is 2.23. The molecular formula is C13H14O. The van der Waals surface area contributed by atoms with Crippen molar-refractivity contribution in [2.75, 3.05) is 0 Å². The Labute approximate surface area is 84.5 Å². The van der Waals surface area contributed by atoms with Gasteiger partial charge in [0.25, 0.3) is 0 Å². The molecule has 14 heavy (non-hydrogen) atoms. The summed E-state index contributed by atoms with van der Waals surface area (Å²) < 4.78 is 0. The van der Waals surface area contributed by atoms with Crippen LogP contribution >= 0.6 is 0 Å². The van der Waals surface area contributed by atoms with E-state index in [0.29, 0.717) is 18.3 Å². The largest absolute Gasteiger partial charge is 0.303 e. The van der Waals surface area contributed by atoms with E-state index in [4.69, 9.17) is 0 Å². The second-order valence-corrected chi connectivity index (χ2v) is 3.86. The molecule has 72 valence electrons. The minimum atomic E-state index is 0.369. The molecule has 1 aromatic rings. The Bertz CT molecular complexity index is 365. The van der Waals surface area contributed by atoms with E-state index in [-0.39, 0.29) is 0 Å². The van der Waals surface area contributed by atoms with E-state index in [1.165, 1.54) is 11.1 Å². The third kappa shape index (κ3) is 1.50. The molecule has 1 aliphatic rings. The summed E-state index contributed by atoms with van der Waals surface area (Å²) in [6, 6.07) is 8.32. The van der Waals surface area contributed by atoms with Crippen molar-refractivity contribution in [3.8, 4) is 0 Å². The number of benzene rings is 1. The van der Waals surface area contributed by atoms with Crippen LogP contribution in [0.3, 0.4) is 0 Å². The molecule has 0 N–H and O–H groups in total. The molecule has 0 saturated carbocycles. The summed E-state index contributed by atoms with van der Waals surface area (Å²) in [6.45, 7) is 2.17. The zero-order valence-corrected chi connectivity index (χ0v) is 8.31. The van der Waals surface area contributed by atoms with E-state index in [0.717, 1.165) is 6.29 Å². The smallest absolute Gasteiger partial charge is 0.120 e. The van der Waals surface area contributed by atoms with Crippen molar-refractivity contribution >= 4 is 12.4 Å². The molecule has 1 aromatic carbocycles. The summed E-state index contributed by atoms with van der Waals surface area (Å²) in [5.41, 5.74) is 2.58. The molecule has 0 heterocycles. The molecule has 0 aromatic heterocycles. The van der Waals surface area contributed by atoms with Crippen molar-refractivity contribution in [1.29, 1.82) is 0 Å². The van der Waals surface area contributed by atoms with Crippen LogP contribution in [-0.4, -0.2) is 6.29 Å². The van der Waals surface area contributed by atoms with Gasteiger partial charge in [-0.3, -0.25) is 0 Å². The fraction of sp³-hybridized carbons (Fsp3) is 0.308. The lowest BCUT2D eigenvalue weighted by Crippen LogP contribution is -2.13. The molecule has 0 aliphatic heterocycles. The van der Waals surface area contributed by atoms with Crippen molar-refractivity contribution < 1.29 is 4.79 Å². The van der Waals surface area contributed by atoms with Gasteiger partial charge in [0.15, 0.2) is 0 Å². The molecule has 0 amide bonds. The molecule has 0 saturated heterocycles. The Morgan fingerprint density at radius 3 is 2.93 bits per heavy atom. The van der Waals surface area contributed by atoms with Crippen molar-refractivity contribution in [2.24, 2.45) is 5.92 Å². The number of hydrogen-bond acceptors (Lipinski definition) is 1. The first kappa shape index (κ1) is 9.20. The zero-order chi connectivity index (χ0) is 9.97. The first-order valence-corrected chi connectivity index (χ1v) is 5.03. The number of aldehydes is 1. The number of rotatable bonds is 2. The maximum Gasteiger partial charge on any atom is 0.120 e. The second-order valence-electron chi connectivity index (χ2n) is 3.86. The van der Waals surface area contributed by atoms with E-state index in [1.807, 2.05) is 12.1 Å². The highest BCUT2D eigenvalue weighted by atomic mass is 16.1. The van der Waals surface area contributed by atoms with Gasteiger partial charge in [0.1, 0.15) is 6.29 Å². The van der Waals surface area contributed by atoms with Gasteiger partial charge in [0.05, 0.1) is 0 Å². The van der Waals surface area contributed by atoms with Crippen LogP contribution < -0.4 is 0 Å². The van der Waals surface area contributed by atoms with Crippen LogP contribution in [0.5, 0.6) is 0 Å². The van der Waals surface area contributed by atoms with E-state index in [1.54, 1.807) is 0 Å². The fourth-order valence-corrected chi connectivity index (χ4v) is 2.12. The van der Waals surface area contributed by atoms with Crippen molar-refractivity contribution in [1.82, 2.24) is 0 Å². The minimum absolute atomic E-state index is 0.369. The molecular weight excluding hydrogens is 172 g/mol. The normalized spacial score (nSPS) is 24.4. The Morgan fingerprint density at radius 2 is 2.14 bits per heavy atom. The highest BCUT2D eigenvalue weighted by Gasteiger charge is 2.21. The molecule has 0 bridgehead atoms. The molecule has 0 radical (unpaired) electrons. The molecule has 1 heteroatoms. The lowest BCUT2D eigenvalue weighted by molar-refractivity contribution is -0.108. The Balaban J connectivity index is 2.42. The molecule has 1 nitrogen and oxygen atoms in total. The number of carbonyl (C=O) groups is 1. The van der Waals surface area contributed by atoms with E-state index < -0.39 is 0 Å². The summed E-state index contributed by atoms with van der Waals surface area (Å²) in [5.74, 6) is 0.837. The number of allylic oxidation sites excluding steroid dienone is 1. The van der Waals surface area contributed by atoms with E-state index in [2.05, 4.69) is 31.2 Å². The molecule has 2 rings (SSSR count). The van der Waals surface area contributed by atoms with Crippen LogP contribution in [0.2, 0.25) is 0 Å². The van der Waals surface area contributed by atoms with Gasteiger partial charge in [-0.2, -0.15) is 0 Å². The predicted octanol–water partition coefficient (Wildman–Crippen LogP) is 3.02. The van der Waals surface area contributed by atoms with Gasteiger partial charge in [-0.15, -0.1) is 0 Å². The van der Waals surface area contributed by atoms with E-state index >= 15 is 0 Å². The van der Waals surface area contributed by atoms with Gasteiger partial charge in [-0.1, -0.05) is 43.3 Å². The minimum Gasteiger partial charge on any atom is -0.303 e. The summed E-state index contributed by atoms with van der Waals surface area (Å²) >= 11 is 0. The van der Waals surface area contributed by atoms with Crippen LogP contribution in [-0.2, 0) is 4.79 Å². The quantitative estimate of drug-likeness (QED) is 0.649. The lowest BCUT2D eigenvalue weighted by Gasteiger charge is -2.25. The van der Waals surface area contributed by atoms with Crippen LogP contribution in [0, 0.1) is 5.92 Å². The summed E-state index contributed by atoms with van der Waals surface area (Å²) in [6.07, 6.45) is 6.00. The highest BCUT2D eigenvalue weighted by molar-refractivity contribution is 5.61. The average molecular weight is 186 g/mol.